The monoisotopic (exact) mass is 414 g/mol. The van der Waals surface area contributed by atoms with Crippen LogP contribution in [-0.2, 0) is 4.79 Å². The number of hydrogen-bond donors (Lipinski definition) is 1. The van der Waals surface area contributed by atoms with Crippen molar-refractivity contribution in [2.75, 3.05) is 5.32 Å². The molecule has 0 atom stereocenters. The predicted octanol–water partition coefficient (Wildman–Crippen LogP) is 6.66. The maximum absolute atomic E-state index is 13.0. The van der Waals surface area contributed by atoms with Crippen LogP contribution in [0.25, 0.3) is 22.6 Å². The molecule has 4 saturated carbocycles. The highest BCUT2D eigenvalue weighted by Gasteiger charge is 2.51. The van der Waals surface area contributed by atoms with Crippen LogP contribution in [0.1, 0.15) is 56.1 Å². The molecule has 4 fully saturated rings. The van der Waals surface area contributed by atoms with Crippen molar-refractivity contribution in [1.82, 2.24) is 4.98 Å². The molecular formula is C27H30N2O2. The molecule has 4 heteroatoms. The smallest absolute Gasteiger partial charge is 0.227 e. The molecule has 4 aliphatic rings. The maximum atomic E-state index is 13.0. The van der Waals surface area contributed by atoms with Crippen LogP contribution in [0.4, 0.5) is 5.69 Å². The van der Waals surface area contributed by atoms with E-state index in [9.17, 15) is 4.79 Å². The highest BCUT2D eigenvalue weighted by molar-refractivity contribution is 5.92. The van der Waals surface area contributed by atoms with Gasteiger partial charge in [0.2, 0.25) is 11.8 Å². The molecule has 0 unspecified atom stereocenters. The number of aromatic nitrogens is 1. The molecule has 7 rings (SSSR count). The second-order valence-electron chi connectivity index (χ2n) is 10.7. The number of amides is 1. The molecule has 1 N–H and O–H groups in total. The van der Waals surface area contributed by atoms with Gasteiger partial charge in [0.25, 0.3) is 0 Å². The third-order valence-corrected chi connectivity index (χ3v) is 7.91. The predicted molar refractivity (Wildman–Crippen MR) is 123 cm³/mol. The highest BCUT2D eigenvalue weighted by atomic mass is 16.3. The number of nitrogens with one attached hydrogen (secondary N) is 1. The average molecular weight is 415 g/mol. The number of carbonyl (C=O) groups is 1. The summed E-state index contributed by atoms with van der Waals surface area (Å²) in [4.78, 5) is 17.7. The Kier molecular flexibility index (Phi) is 4.28. The molecule has 4 aliphatic carbocycles. The van der Waals surface area contributed by atoms with Crippen molar-refractivity contribution in [3.05, 3.63) is 47.5 Å². The van der Waals surface area contributed by atoms with E-state index >= 15 is 0 Å². The summed E-state index contributed by atoms with van der Waals surface area (Å²) in [5, 5.41) is 3.17. The Morgan fingerprint density at radius 1 is 1.06 bits per heavy atom. The fourth-order valence-corrected chi connectivity index (χ4v) is 7.28. The molecule has 0 radical (unpaired) electrons. The molecule has 0 spiro atoms. The summed E-state index contributed by atoms with van der Waals surface area (Å²) in [6.07, 6.45) is 8.67. The normalized spacial score (nSPS) is 28.9. The Balaban J connectivity index is 1.21. The first-order valence-corrected chi connectivity index (χ1v) is 11.7. The van der Waals surface area contributed by atoms with Crippen LogP contribution >= 0.6 is 0 Å². The standard InChI is InChI=1S/C27H30N2O2/c1-16-6-17(2)25-23(7-16)29-26(31-25)21-4-3-5-22(11-21)28-24(30)15-27-12-18-8-19(13-27)10-20(9-18)14-27/h3-7,11,18-20H,8-10,12-15H2,1-2H3,(H,28,30). The molecule has 2 aromatic carbocycles. The lowest BCUT2D eigenvalue weighted by Crippen LogP contribution is -2.47. The number of anilines is 1. The van der Waals surface area contributed by atoms with E-state index in [1.54, 1.807) is 0 Å². The van der Waals surface area contributed by atoms with Crippen molar-refractivity contribution in [2.45, 2.75) is 58.8 Å². The summed E-state index contributed by atoms with van der Waals surface area (Å²) in [6.45, 7) is 4.12. The number of hydrogen-bond acceptors (Lipinski definition) is 3. The van der Waals surface area contributed by atoms with E-state index in [1.807, 2.05) is 37.3 Å². The van der Waals surface area contributed by atoms with Gasteiger partial charge >= 0.3 is 0 Å². The minimum absolute atomic E-state index is 0.156. The van der Waals surface area contributed by atoms with Crippen LogP contribution in [-0.4, -0.2) is 10.9 Å². The Morgan fingerprint density at radius 3 is 2.48 bits per heavy atom. The van der Waals surface area contributed by atoms with Crippen LogP contribution in [0.3, 0.4) is 0 Å². The Hall–Kier alpha value is -2.62. The van der Waals surface area contributed by atoms with Crippen molar-refractivity contribution in [3.63, 3.8) is 0 Å². The summed E-state index contributed by atoms with van der Waals surface area (Å²) >= 11 is 0. The minimum Gasteiger partial charge on any atom is -0.436 e. The Morgan fingerprint density at radius 2 is 1.77 bits per heavy atom. The molecule has 1 heterocycles. The molecule has 0 aliphatic heterocycles. The van der Waals surface area contributed by atoms with Gasteiger partial charge in [-0.3, -0.25) is 4.79 Å². The first kappa shape index (κ1) is 19.1. The van der Waals surface area contributed by atoms with E-state index in [0.29, 0.717) is 12.3 Å². The molecule has 1 amide bonds. The fourth-order valence-electron chi connectivity index (χ4n) is 7.28. The number of rotatable bonds is 4. The summed E-state index contributed by atoms with van der Waals surface area (Å²) in [5.74, 6) is 3.36. The van der Waals surface area contributed by atoms with E-state index in [1.165, 1.54) is 44.1 Å². The second-order valence-corrected chi connectivity index (χ2v) is 10.7. The maximum Gasteiger partial charge on any atom is 0.227 e. The van der Waals surface area contributed by atoms with Gasteiger partial charge in [0.1, 0.15) is 5.52 Å². The van der Waals surface area contributed by atoms with Gasteiger partial charge in [-0.05, 0) is 111 Å². The molecule has 3 aromatic rings. The zero-order valence-corrected chi connectivity index (χ0v) is 18.4. The zero-order valence-electron chi connectivity index (χ0n) is 18.4. The van der Waals surface area contributed by atoms with Crippen molar-refractivity contribution in [1.29, 1.82) is 0 Å². The van der Waals surface area contributed by atoms with Gasteiger partial charge in [-0.25, -0.2) is 4.98 Å². The zero-order chi connectivity index (χ0) is 21.2. The third-order valence-electron chi connectivity index (χ3n) is 7.91. The second kappa shape index (κ2) is 6.94. The van der Waals surface area contributed by atoms with E-state index in [0.717, 1.165) is 45.7 Å². The van der Waals surface area contributed by atoms with E-state index in [2.05, 4.69) is 18.3 Å². The number of benzene rings is 2. The number of fused-ring (bicyclic) bond motifs is 1. The van der Waals surface area contributed by atoms with Gasteiger partial charge in [-0.2, -0.15) is 0 Å². The average Bonchev–Trinajstić information content (AvgIpc) is 3.11. The fraction of sp³-hybridized carbons (Fsp3) is 0.481. The van der Waals surface area contributed by atoms with Crippen molar-refractivity contribution in [2.24, 2.45) is 23.2 Å². The van der Waals surface area contributed by atoms with Crippen molar-refractivity contribution in [3.8, 4) is 11.5 Å². The molecule has 4 bridgehead atoms. The first-order chi connectivity index (χ1) is 14.9. The van der Waals surface area contributed by atoms with Gasteiger partial charge in [0.05, 0.1) is 0 Å². The van der Waals surface area contributed by atoms with E-state index in [4.69, 9.17) is 9.40 Å². The van der Waals surface area contributed by atoms with Crippen molar-refractivity contribution >= 4 is 22.7 Å². The molecule has 31 heavy (non-hydrogen) atoms. The van der Waals surface area contributed by atoms with Gasteiger partial charge in [-0.1, -0.05) is 12.1 Å². The molecular weight excluding hydrogens is 384 g/mol. The van der Waals surface area contributed by atoms with E-state index in [-0.39, 0.29) is 11.3 Å². The largest absolute Gasteiger partial charge is 0.436 e. The quantitative estimate of drug-likeness (QED) is 0.519. The van der Waals surface area contributed by atoms with Crippen LogP contribution in [0.5, 0.6) is 0 Å². The van der Waals surface area contributed by atoms with Gasteiger partial charge in [0, 0.05) is 17.7 Å². The summed E-state index contributed by atoms with van der Waals surface area (Å²) in [6, 6.07) is 12.0. The van der Waals surface area contributed by atoms with E-state index < -0.39 is 0 Å². The summed E-state index contributed by atoms with van der Waals surface area (Å²) < 4.78 is 6.07. The van der Waals surface area contributed by atoms with Gasteiger partial charge in [0.15, 0.2) is 5.58 Å². The number of aryl methyl sites for hydroxylation is 2. The van der Waals surface area contributed by atoms with Crippen LogP contribution < -0.4 is 5.32 Å². The summed E-state index contributed by atoms with van der Waals surface area (Å²) in [5.41, 5.74) is 5.94. The summed E-state index contributed by atoms with van der Waals surface area (Å²) in [7, 11) is 0. The topological polar surface area (TPSA) is 55.1 Å². The number of nitrogens with zero attached hydrogens (tertiary/aromatic N) is 1. The van der Waals surface area contributed by atoms with Crippen molar-refractivity contribution < 1.29 is 9.21 Å². The SMILES string of the molecule is Cc1cc(C)c2oc(-c3cccc(NC(=O)CC45CC6CC(CC(C6)C4)C5)c3)nc2c1. The molecule has 0 saturated heterocycles. The highest BCUT2D eigenvalue weighted by Crippen LogP contribution is 2.61. The van der Waals surface area contributed by atoms with Crippen LogP contribution in [0, 0.1) is 37.0 Å². The minimum atomic E-state index is 0.156. The van der Waals surface area contributed by atoms with Crippen LogP contribution in [0.15, 0.2) is 40.8 Å². The number of oxazole rings is 1. The first-order valence-electron chi connectivity index (χ1n) is 11.7. The molecule has 1 aromatic heterocycles. The molecule has 4 nitrogen and oxygen atoms in total. The molecule has 160 valence electrons. The lowest BCUT2D eigenvalue weighted by atomic mass is 9.49. The van der Waals surface area contributed by atoms with Crippen LogP contribution in [0.2, 0.25) is 0 Å². The third kappa shape index (κ3) is 3.46. The lowest BCUT2D eigenvalue weighted by Gasteiger charge is -2.56. The Labute approximate surface area is 183 Å². The lowest BCUT2D eigenvalue weighted by molar-refractivity contribution is -0.124. The van der Waals surface area contributed by atoms with Gasteiger partial charge < -0.3 is 9.73 Å². The van der Waals surface area contributed by atoms with Gasteiger partial charge in [-0.15, -0.1) is 0 Å². The number of carbonyl (C=O) groups excluding carboxylic acids is 1. The Bertz CT molecular complexity index is 1140.